The molecular formula is C13H18BrNO2. The monoisotopic (exact) mass is 299 g/mol. The predicted molar refractivity (Wildman–Crippen MR) is 71.8 cm³/mol. The van der Waals surface area contributed by atoms with Gasteiger partial charge >= 0.3 is 5.97 Å². The number of nitrogens with one attached hydrogen (secondary N) is 1. The maximum atomic E-state index is 11.1. The minimum Gasteiger partial charge on any atom is -0.466 e. The van der Waals surface area contributed by atoms with Crippen LogP contribution in [0, 0.1) is 0 Å². The van der Waals surface area contributed by atoms with Crippen molar-refractivity contribution in [3.63, 3.8) is 0 Å². The summed E-state index contributed by atoms with van der Waals surface area (Å²) in [5.41, 5.74) is 1.20. The van der Waals surface area contributed by atoms with Crippen molar-refractivity contribution in [2.24, 2.45) is 0 Å². The molecule has 0 aliphatic rings. The summed E-state index contributed by atoms with van der Waals surface area (Å²) >= 11 is 3.44. The molecule has 0 spiro atoms. The van der Waals surface area contributed by atoms with Gasteiger partial charge in [-0.2, -0.15) is 0 Å². The topological polar surface area (TPSA) is 38.3 Å². The average molecular weight is 300 g/mol. The highest BCUT2D eigenvalue weighted by molar-refractivity contribution is 9.10. The summed E-state index contributed by atoms with van der Waals surface area (Å²) < 4.78 is 5.93. The van der Waals surface area contributed by atoms with Crippen LogP contribution in [0.15, 0.2) is 28.7 Å². The van der Waals surface area contributed by atoms with E-state index in [1.807, 2.05) is 19.1 Å². The van der Waals surface area contributed by atoms with Gasteiger partial charge < -0.3 is 10.1 Å². The third-order valence-corrected chi connectivity index (χ3v) is 2.93. The Kier molecular flexibility index (Phi) is 6.22. The smallest absolute Gasteiger partial charge is 0.307 e. The maximum absolute atomic E-state index is 11.1. The van der Waals surface area contributed by atoms with Gasteiger partial charge in [0.15, 0.2) is 0 Å². The number of benzene rings is 1. The standard InChI is InChI=1S/C13H18BrNO2/c1-3-17-13(16)7-8-15-10(2)11-5-4-6-12(14)9-11/h4-6,9-10,15H,3,7-8H2,1-2H3/t10-/m0/s1. The highest BCUT2D eigenvalue weighted by Gasteiger charge is 2.06. The Hall–Kier alpha value is -0.870. The van der Waals surface area contributed by atoms with Crippen LogP contribution in [0.3, 0.4) is 0 Å². The van der Waals surface area contributed by atoms with Crippen molar-refractivity contribution in [2.45, 2.75) is 26.3 Å². The van der Waals surface area contributed by atoms with Gasteiger partial charge in [-0.15, -0.1) is 0 Å². The molecule has 94 valence electrons. The van der Waals surface area contributed by atoms with E-state index in [2.05, 4.69) is 40.3 Å². The van der Waals surface area contributed by atoms with Crippen molar-refractivity contribution < 1.29 is 9.53 Å². The van der Waals surface area contributed by atoms with Crippen LogP contribution in [-0.2, 0) is 9.53 Å². The molecule has 0 saturated carbocycles. The van der Waals surface area contributed by atoms with Crippen LogP contribution in [-0.4, -0.2) is 19.1 Å². The lowest BCUT2D eigenvalue weighted by atomic mass is 10.1. The molecule has 17 heavy (non-hydrogen) atoms. The van der Waals surface area contributed by atoms with Crippen molar-refractivity contribution in [1.82, 2.24) is 5.32 Å². The normalized spacial score (nSPS) is 12.2. The van der Waals surface area contributed by atoms with Crippen LogP contribution in [0.2, 0.25) is 0 Å². The van der Waals surface area contributed by atoms with E-state index >= 15 is 0 Å². The number of carbonyl (C=O) groups is 1. The van der Waals surface area contributed by atoms with Gasteiger partial charge in [-0.1, -0.05) is 28.1 Å². The fraction of sp³-hybridized carbons (Fsp3) is 0.462. The number of carbonyl (C=O) groups excluding carboxylic acids is 1. The second-order valence-corrected chi connectivity index (χ2v) is 4.70. The van der Waals surface area contributed by atoms with Gasteiger partial charge in [0.05, 0.1) is 13.0 Å². The van der Waals surface area contributed by atoms with Gasteiger partial charge in [-0.25, -0.2) is 0 Å². The summed E-state index contributed by atoms with van der Waals surface area (Å²) in [5.74, 6) is -0.151. The van der Waals surface area contributed by atoms with Crippen LogP contribution < -0.4 is 5.32 Å². The summed E-state index contributed by atoms with van der Waals surface area (Å²) in [5, 5.41) is 3.29. The number of hydrogen-bond acceptors (Lipinski definition) is 3. The first-order chi connectivity index (χ1) is 8.13. The second kappa shape index (κ2) is 7.45. The molecule has 0 saturated heterocycles. The first-order valence-electron chi connectivity index (χ1n) is 5.78. The first-order valence-corrected chi connectivity index (χ1v) is 6.57. The Morgan fingerprint density at radius 1 is 1.53 bits per heavy atom. The number of halogens is 1. The first kappa shape index (κ1) is 14.2. The van der Waals surface area contributed by atoms with E-state index in [-0.39, 0.29) is 12.0 Å². The van der Waals surface area contributed by atoms with Gasteiger partial charge in [0, 0.05) is 17.1 Å². The molecule has 1 rings (SSSR count). The number of rotatable bonds is 6. The molecule has 0 bridgehead atoms. The Morgan fingerprint density at radius 2 is 2.29 bits per heavy atom. The zero-order valence-corrected chi connectivity index (χ0v) is 11.8. The van der Waals surface area contributed by atoms with Gasteiger partial charge in [0.2, 0.25) is 0 Å². The molecule has 1 aromatic carbocycles. The molecule has 4 heteroatoms. The highest BCUT2D eigenvalue weighted by atomic mass is 79.9. The van der Waals surface area contributed by atoms with Gasteiger partial charge in [0.1, 0.15) is 0 Å². The number of hydrogen-bond donors (Lipinski definition) is 1. The van der Waals surface area contributed by atoms with Crippen molar-refractivity contribution in [3.05, 3.63) is 34.3 Å². The molecule has 0 amide bonds. The molecule has 0 aliphatic carbocycles. The lowest BCUT2D eigenvalue weighted by Crippen LogP contribution is -2.22. The minimum atomic E-state index is -0.151. The summed E-state index contributed by atoms with van der Waals surface area (Å²) in [6.45, 7) is 4.97. The average Bonchev–Trinajstić information content (AvgIpc) is 2.29. The molecule has 1 N–H and O–H groups in total. The molecule has 0 aromatic heterocycles. The van der Waals surface area contributed by atoms with E-state index in [1.165, 1.54) is 5.56 Å². The third kappa shape index (κ3) is 5.33. The summed E-state index contributed by atoms with van der Waals surface area (Å²) in [6.07, 6.45) is 0.409. The molecule has 0 radical (unpaired) electrons. The Bertz CT molecular complexity index is 368. The van der Waals surface area contributed by atoms with E-state index in [1.54, 1.807) is 0 Å². The van der Waals surface area contributed by atoms with Crippen LogP contribution >= 0.6 is 15.9 Å². The molecule has 0 unspecified atom stereocenters. The van der Waals surface area contributed by atoms with Gasteiger partial charge in [-0.3, -0.25) is 4.79 Å². The SMILES string of the molecule is CCOC(=O)CCN[C@@H](C)c1cccc(Br)c1. The zero-order chi connectivity index (χ0) is 12.7. The molecule has 0 aliphatic heterocycles. The van der Waals surface area contributed by atoms with Crippen LogP contribution in [0.4, 0.5) is 0 Å². The van der Waals surface area contributed by atoms with Crippen LogP contribution in [0.1, 0.15) is 31.9 Å². The number of esters is 1. The maximum Gasteiger partial charge on any atom is 0.307 e. The lowest BCUT2D eigenvalue weighted by molar-refractivity contribution is -0.143. The summed E-state index contributed by atoms with van der Waals surface area (Å²) in [4.78, 5) is 11.1. The molecule has 3 nitrogen and oxygen atoms in total. The van der Waals surface area contributed by atoms with Gasteiger partial charge in [-0.05, 0) is 31.5 Å². The van der Waals surface area contributed by atoms with Crippen molar-refractivity contribution in [1.29, 1.82) is 0 Å². The molecule has 0 fully saturated rings. The van der Waals surface area contributed by atoms with Crippen molar-refractivity contribution in [3.8, 4) is 0 Å². The van der Waals surface area contributed by atoms with Crippen LogP contribution in [0.25, 0.3) is 0 Å². The molecule has 1 aromatic rings. The Labute approximate surface area is 111 Å². The second-order valence-electron chi connectivity index (χ2n) is 3.79. The Morgan fingerprint density at radius 3 is 2.94 bits per heavy atom. The third-order valence-electron chi connectivity index (χ3n) is 2.43. The molecular weight excluding hydrogens is 282 g/mol. The van der Waals surface area contributed by atoms with Crippen molar-refractivity contribution in [2.75, 3.05) is 13.2 Å². The zero-order valence-electron chi connectivity index (χ0n) is 10.2. The highest BCUT2D eigenvalue weighted by Crippen LogP contribution is 2.17. The lowest BCUT2D eigenvalue weighted by Gasteiger charge is -2.14. The van der Waals surface area contributed by atoms with E-state index < -0.39 is 0 Å². The number of ether oxygens (including phenoxy) is 1. The fourth-order valence-corrected chi connectivity index (χ4v) is 1.93. The van der Waals surface area contributed by atoms with E-state index in [9.17, 15) is 4.79 Å². The predicted octanol–water partition coefficient (Wildman–Crippen LogP) is 3.05. The van der Waals surface area contributed by atoms with Crippen molar-refractivity contribution >= 4 is 21.9 Å². The quantitative estimate of drug-likeness (QED) is 0.821. The van der Waals surface area contributed by atoms with E-state index in [0.717, 1.165) is 4.47 Å². The van der Waals surface area contributed by atoms with Crippen LogP contribution in [0.5, 0.6) is 0 Å². The fourth-order valence-electron chi connectivity index (χ4n) is 1.52. The summed E-state index contributed by atoms with van der Waals surface area (Å²) in [6, 6.07) is 8.36. The largest absolute Gasteiger partial charge is 0.466 e. The van der Waals surface area contributed by atoms with E-state index in [4.69, 9.17) is 4.74 Å². The molecule has 0 heterocycles. The Balaban J connectivity index is 2.35. The minimum absolute atomic E-state index is 0.151. The summed E-state index contributed by atoms with van der Waals surface area (Å²) in [7, 11) is 0. The van der Waals surface area contributed by atoms with Gasteiger partial charge in [0.25, 0.3) is 0 Å². The molecule has 1 atom stereocenters. The van der Waals surface area contributed by atoms with E-state index in [0.29, 0.717) is 19.6 Å².